The van der Waals surface area contributed by atoms with Gasteiger partial charge in [0.1, 0.15) is 5.75 Å². The van der Waals surface area contributed by atoms with Gasteiger partial charge in [-0.3, -0.25) is 4.79 Å². The SMILES string of the molecule is CCCOc1ccc(Br)cc1C(=O)NC(C)CC. The number of carbonyl (C=O) groups is 1. The predicted octanol–water partition coefficient (Wildman–Crippen LogP) is 3.77. The number of hydrogen-bond donors (Lipinski definition) is 1. The zero-order valence-electron chi connectivity index (χ0n) is 11.1. The summed E-state index contributed by atoms with van der Waals surface area (Å²) < 4.78 is 6.47. The molecule has 1 rings (SSSR count). The summed E-state index contributed by atoms with van der Waals surface area (Å²) in [6.45, 7) is 6.69. The lowest BCUT2D eigenvalue weighted by Crippen LogP contribution is -2.32. The average Bonchev–Trinajstić information content (AvgIpc) is 2.36. The van der Waals surface area contributed by atoms with Gasteiger partial charge in [0.15, 0.2) is 0 Å². The number of hydrogen-bond acceptors (Lipinski definition) is 2. The van der Waals surface area contributed by atoms with Crippen LogP contribution in [0.25, 0.3) is 0 Å². The Labute approximate surface area is 117 Å². The maximum absolute atomic E-state index is 12.1. The summed E-state index contributed by atoms with van der Waals surface area (Å²) in [5.74, 6) is 0.553. The van der Waals surface area contributed by atoms with Crippen LogP contribution in [-0.4, -0.2) is 18.6 Å². The quantitative estimate of drug-likeness (QED) is 0.868. The van der Waals surface area contributed by atoms with Crippen molar-refractivity contribution in [3.8, 4) is 5.75 Å². The van der Waals surface area contributed by atoms with Crippen LogP contribution >= 0.6 is 15.9 Å². The first-order valence-electron chi connectivity index (χ1n) is 6.31. The minimum Gasteiger partial charge on any atom is -0.493 e. The fourth-order valence-corrected chi connectivity index (χ4v) is 1.78. The van der Waals surface area contributed by atoms with Crippen molar-refractivity contribution in [1.29, 1.82) is 0 Å². The van der Waals surface area contributed by atoms with Crippen molar-refractivity contribution in [1.82, 2.24) is 5.32 Å². The average molecular weight is 314 g/mol. The first-order chi connectivity index (χ1) is 8.58. The van der Waals surface area contributed by atoms with Crippen LogP contribution in [0.3, 0.4) is 0 Å². The van der Waals surface area contributed by atoms with Gasteiger partial charge in [-0.25, -0.2) is 0 Å². The molecule has 1 amide bonds. The van der Waals surface area contributed by atoms with Crippen LogP contribution in [0.4, 0.5) is 0 Å². The molecule has 0 spiro atoms. The van der Waals surface area contributed by atoms with Gasteiger partial charge < -0.3 is 10.1 Å². The first kappa shape index (κ1) is 15.0. The van der Waals surface area contributed by atoms with Gasteiger partial charge in [-0.15, -0.1) is 0 Å². The van der Waals surface area contributed by atoms with Gasteiger partial charge in [-0.1, -0.05) is 29.8 Å². The topological polar surface area (TPSA) is 38.3 Å². The van der Waals surface area contributed by atoms with Crippen molar-refractivity contribution in [2.45, 2.75) is 39.7 Å². The van der Waals surface area contributed by atoms with E-state index in [1.54, 1.807) is 6.07 Å². The van der Waals surface area contributed by atoms with Crippen LogP contribution < -0.4 is 10.1 Å². The molecule has 100 valence electrons. The molecular formula is C14H20BrNO2. The van der Waals surface area contributed by atoms with E-state index in [1.165, 1.54) is 0 Å². The highest BCUT2D eigenvalue weighted by Crippen LogP contribution is 2.23. The minimum absolute atomic E-state index is 0.0863. The number of carbonyl (C=O) groups excluding carboxylic acids is 1. The second-order valence-electron chi connectivity index (χ2n) is 4.27. The second-order valence-corrected chi connectivity index (χ2v) is 5.19. The zero-order valence-corrected chi connectivity index (χ0v) is 12.7. The summed E-state index contributed by atoms with van der Waals surface area (Å²) in [5.41, 5.74) is 0.582. The Kier molecular flexibility index (Phi) is 6.19. The number of rotatable bonds is 6. The number of benzene rings is 1. The lowest BCUT2D eigenvalue weighted by molar-refractivity contribution is 0.0935. The lowest BCUT2D eigenvalue weighted by atomic mass is 10.1. The number of halogens is 1. The van der Waals surface area contributed by atoms with E-state index in [-0.39, 0.29) is 11.9 Å². The molecule has 18 heavy (non-hydrogen) atoms. The Bertz CT molecular complexity index is 407. The molecule has 1 aromatic rings. The molecule has 0 aromatic heterocycles. The molecule has 0 aliphatic rings. The standard InChI is InChI=1S/C14H20BrNO2/c1-4-8-18-13-7-6-11(15)9-12(13)14(17)16-10(3)5-2/h6-7,9-10H,4-5,8H2,1-3H3,(H,16,17). The van der Waals surface area contributed by atoms with Crippen molar-refractivity contribution < 1.29 is 9.53 Å². The molecule has 0 saturated heterocycles. The van der Waals surface area contributed by atoms with E-state index < -0.39 is 0 Å². The number of ether oxygens (including phenoxy) is 1. The monoisotopic (exact) mass is 313 g/mol. The van der Waals surface area contributed by atoms with Crippen LogP contribution in [0.1, 0.15) is 44.0 Å². The predicted molar refractivity (Wildman–Crippen MR) is 77.1 cm³/mol. The van der Waals surface area contributed by atoms with Gasteiger partial charge in [0.2, 0.25) is 0 Å². The maximum Gasteiger partial charge on any atom is 0.255 e. The summed E-state index contributed by atoms with van der Waals surface area (Å²) in [4.78, 5) is 12.1. The molecule has 1 atom stereocenters. The van der Waals surface area contributed by atoms with E-state index in [4.69, 9.17) is 4.74 Å². The second kappa shape index (κ2) is 7.41. The highest BCUT2D eigenvalue weighted by molar-refractivity contribution is 9.10. The molecular weight excluding hydrogens is 294 g/mol. The Hall–Kier alpha value is -1.03. The third-order valence-corrected chi connectivity index (χ3v) is 3.13. The summed E-state index contributed by atoms with van der Waals surface area (Å²) in [7, 11) is 0. The third-order valence-electron chi connectivity index (χ3n) is 2.64. The maximum atomic E-state index is 12.1. The van der Waals surface area contributed by atoms with Gasteiger partial charge in [0.05, 0.1) is 12.2 Å². The minimum atomic E-state index is -0.0863. The molecule has 0 saturated carbocycles. The van der Waals surface area contributed by atoms with E-state index in [9.17, 15) is 4.79 Å². The Morgan fingerprint density at radius 1 is 1.44 bits per heavy atom. The molecule has 1 unspecified atom stereocenters. The van der Waals surface area contributed by atoms with Gasteiger partial charge >= 0.3 is 0 Å². The molecule has 0 radical (unpaired) electrons. The molecule has 0 aliphatic carbocycles. The fraction of sp³-hybridized carbons (Fsp3) is 0.500. The third kappa shape index (κ3) is 4.33. The molecule has 3 nitrogen and oxygen atoms in total. The molecule has 1 aromatic carbocycles. The van der Waals surface area contributed by atoms with E-state index in [0.717, 1.165) is 17.3 Å². The van der Waals surface area contributed by atoms with Gasteiger partial charge in [0, 0.05) is 10.5 Å². The Balaban J connectivity index is 2.90. The molecule has 0 heterocycles. The normalized spacial score (nSPS) is 12.0. The Morgan fingerprint density at radius 3 is 2.78 bits per heavy atom. The summed E-state index contributed by atoms with van der Waals surface area (Å²) in [6.07, 6.45) is 1.83. The molecule has 0 bridgehead atoms. The molecule has 0 aliphatic heterocycles. The van der Waals surface area contributed by atoms with Crippen molar-refractivity contribution in [3.63, 3.8) is 0 Å². The van der Waals surface area contributed by atoms with Crippen LogP contribution in [0.5, 0.6) is 5.75 Å². The van der Waals surface area contributed by atoms with Crippen LogP contribution in [0.15, 0.2) is 22.7 Å². The molecule has 4 heteroatoms. The van der Waals surface area contributed by atoms with E-state index >= 15 is 0 Å². The lowest BCUT2D eigenvalue weighted by Gasteiger charge is -2.14. The van der Waals surface area contributed by atoms with Crippen molar-refractivity contribution in [2.75, 3.05) is 6.61 Å². The number of amides is 1. The van der Waals surface area contributed by atoms with E-state index in [1.807, 2.05) is 32.9 Å². The molecule has 0 fully saturated rings. The summed E-state index contributed by atoms with van der Waals surface area (Å²) in [5, 5.41) is 2.95. The Morgan fingerprint density at radius 2 is 2.17 bits per heavy atom. The van der Waals surface area contributed by atoms with Crippen LogP contribution in [0, 0.1) is 0 Å². The first-order valence-corrected chi connectivity index (χ1v) is 7.11. The number of nitrogens with one attached hydrogen (secondary N) is 1. The van der Waals surface area contributed by atoms with Gasteiger partial charge in [0.25, 0.3) is 5.91 Å². The van der Waals surface area contributed by atoms with Crippen molar-refractivity contribution in [2.24, 2.45) is 0 Å². The highest BCUT2D eigenvalue weighted by Gasteiger charge is 2.14. The van der Waals surface area contributed by atoms with Crippen LogP contribution in [-0.2, 0) is 0 Å². The summed E-state index contributed by atoms with van der Waals surface area (Å²) in [6, 6.07) is 5.66. The van der Waals surface area contributed by atoms with Crippen LogP contribution in [0.2, 0.25) is 0 Å². The summed E-state index contributed by atoms with van der Waals surface area (Å²) >= 11 is 3.38. The fourth-order valence-electron chi connectivity index (χ4n) is 1.42. The largest absolute Gasteiger partial charge is 0.493 e. The van der Waals surface area contributed by atoms with E-state index in [0.29, 0.717) is 17.9 Å². The molecule has 1 N–H and O–H groups in total. The van der Waals surface area contributed by atoms with Crippen molar-refractivity contribution >= 4 is 21.8 Å². The zero-order chi connectivity index (χ0) is 13.5. The highest BCUT2D eigenvalue weighted by atomic mass is 79.9. The van der Waals surface area contributed by atoms with Crippen molar-refractivity contribution in [3.05, 3.63) is 28.2 Å². The van der Waals surface area contributed by atoms with Gasteiger partial charge in [-0.05, 0) is 38.0 Å². The van der Waals surface area contributed by atoms with E-state index in [2.05, 4.69) is 21.2 Å². The smallest absolute Gasteiger partial charge is 0.255 e. The van der Waals surface area contributed by atoms with Gasteiger partial charge in [-0.2, -0.15) is 0 Å².